The van der Waals surface area contributed by atoms with Crippen LogP contribution in [0.2, 0.25) is 51.9 Å². The smallest absolute Gasteiger partial charge is 0.388 e. The van der Waals surface area contributed by atoms with E-state index in [1.165, 1.54) is 0 Å². The van der Waals surface area contributed by atoms with Crippen LogP contribution >= 0.6 is 0 Å². The molecule has 0 aromatic heterocycles. The largest absolute Gasteiger partial charge is 0.508 e. The molecule has 0 radical (unpaired) electrons. The van der Waals surface area contributed by atoms with Crippen molar-refractivity contribution in [3.05, 3.63) is 90.5 Å². The molecule has 36 heavy (non-hydrogen) atoms. The summed E-state index contributed by atoms with van der Waals surface area (Å²) in [5, 5.41) is 12.5. The van der Waals surface area contributed by atoms with Gasteiger partial charge in [-0.25, -0.2) is 0 Å². The number of phenolic OH excluding ortho intramolecular Hbond substituents is 1. The summed E-state index contributed by atoms with van der Waals surface area (Å²) in [5.74, 6) is 0.354. The number of phenols is 1. The molecule has 0 bridgehead atoms. The molecule has 0 saturated carbocycles. The van der Waals surface area contributed by atoms with E-state index in [-0.39, 0.29) is 0 Å². The molecule has 3 aromatic carbocycles. The van der Waals surface area contributed by atoms with Crippen molar-refractivity contribution < 1.29 is 17.5 Å². The number of aromatic hydroxyl groups is 1. The minimum absolute atomic E-state index is 0.354. The van der Waals surface area contributed by atoms with Gasteiger partial charge in [0.05, 0.1) is 0 Å². The number of hydrogen-bond donors (Lipinski definition) is 1. The predicted octanol–water partition coefficient (Wildman–Crippen LogP) is 6.37. The van der Waals surface area contributed by atoms with E-state index in [0.29, 0.717) is 5.75 Å². The standard InChI is InChI=1S/C28H42O4Si4/c1-33(2,3)30-35(7,24-16-18-25-17-14-15-23-28(25)29)32-36(31-34(4,5)6,26-19-10-8-11-20-26)27-21-12-9-13-22-27/h8-15,17,19-23,29H,16,18,24H2,1-7H3. The lowest BCUT2D eigenvalue weighted by molar-refractivity contribution is 0.333. The van der Waals surface area contributed by atoms with Crippen LogP contribution in [0.4, 0.5) is 0 Å². The minimum Gasteiger partial charge on any atom is -0.508 e. The molecular formula is C28H42O4Si4. The van der Waals surface area contributed by atoms with Gasteiger partial charge in [0.25, 0.3) is 0 Å². The summed E-state index contributed by atoms with van der Waals surface area (Å²) in [6, 6.07) is 29.4. The van der Waals surface area contributed by atoms with Gasteiger partial charge in [0.1, 0.15) is 5.75 Å². The molecule has 0 spiro atoms. The molecule has 0 heterocycles. The molecule has 3 rings (SSSR count). The first-order valence-corrected chi connectivity index (χ1v) is 24.0. The average molecular weight is 555 g/mol. The van der Waals surface area contributed by atoms with Crippen LogP contribution in [-0.2, 0) is 18.8 Å². The van der Waals surface area contributed by atoms with E-state index in [2.05, 4.69) is 94.4 Å². The summed E-state index contributed by atoms with van der Waals surface area (Å²) in [5.41, 5.74) is 0.967. The fourth-order valence-corrected chi connectivity index (χ4v) is 21.8. The summed E-state index contributed by atoms with van der Waals surface area (Å²) >= 11 is 0. The Balaban J connectivity index is 2.06. The van der Waals surface area contributed by atoms with Crippen LogP contribution in [0, 0.1) is 0 Å². The average Bonchev–Trinajstić information content (AvgIpc) is 2.79. The molecule has 0 amide bonds. The Hall–Kier alpha value is -1.79. The van der Waals surface area contributed by atoms with Crippen LogP contribution in [0.15, 0.2) is 84.9 Å². The second-order valence-corrected chi connectivity index (χ2v) is 27.6. The third kappa shape index (κ3) is 8.11. The highest BCUT2D eigenvalue weighted by molar-refractivity contribution is 7.02. The number of hydrogen-bond acceptors (Lipinski definition) is 4. The molecule has 0 aliphatic heterocycles. The molecule has 1 atom stereocenters. The Bertz CT molecular complexity index is 1060. The zero-order valence-electron chi connectivity index (χ0n) is 22.9. The summed E-state index contributed by atoms with van der Waals surface area (Å²) in [6.07, 6.45) is 1.67. The maximum absolute atomic E-state index is 10.3. The lowest BCUT2D eigenvalue weighted by Gasteiger charge is -2.44. The van der Waals surface area contributed by atoms with Crippen LogP contribution in [0.25, 0.3) is 0 Å². The third-order valence-corrected chi connectivity index (χ3v) is 19.8. The molecule has 0 aliphatic rings. The van der Waals surface area contributed by atoms with Gasteiger partial charge in [-0.05, 0) is 86.7 Å². The van der Waals surface area contributed by atoms with Gasteiger partial charge in [0.2, 0.25) is 0 Å². The van der Waals surface area contributed by atoms with Crippen LogP contribution < -0.4 is 10.4 Å². The first kappa shape index (κ1) is 28.8. The van der Waals surface area contributed by atoms with Crippen molar-refractivity contribution >= 4 is 44.1 Å². The van der Waals surface area contributed by atoms with Crippen molar-refractivity contribution in [3.63, 3.8) is 0 Å². The second kappa shape index (κ2) is 11.7. The van der Waals surface area contributed by atoms with Crippen LogP contribution in [-0.4, -0.2) is 38.9 Å². The van der Waals surface area contributed by atoms with Gasteiger partial charge in [-0.15, -0.1) is 0 Å². The van der Waals surface area contributed by atoms with Crippen LogP contribution in [0.3, 0.4) is 0 Å². The van der Waals surface area contributed by atoms with E-state index in [4.69, 9.17) is 12.3 Å². The van der Waals surface area contributed by atoms with E-state index in [9.17, 15) is 5.11 Å². The lowest BCUT2D eigenvalue weighted by Crippen LogP contribution is -2.71. The fraction of sp³-hybridized carbons (Fsp3) is 0.357. The van der Waals surface area contributed by atoms with Crippen LogP contribution in [0.5, 0.6) is 5.75 Å². The molecule has 3 aromatic rings. The maximum atomic E-state index is 10.3. The second-order valence-electron chi connectivity index (χ2n) is 11.5. The number of benzene rings is 3. The molecule has 0 fully saturated rings. The molecular weight excluding hydrogens is 513 g/mol. The van der Waals surface area contributed by atoms with E-state index >= 15 is 0 Å². The highest BCUT2D eigenvalue weighted by atomic mass is 28.5. The Morgan fingerprint density at radius 1 is 0.583 bits per heavy atom. The Kier molecular flexibility index (Phi) is 9.37. The third-order valence-electron chi connectivity index (χ3n) is 5.71. The normalized spacial score (nSPS) is 14.4. The first-order valence-electron chi connectivity index (χ1n) is 12.8. The molecule has 1 unspecified atom stereocenters. The summed E-state index contributed by atoms with van der Waals surface area (Å²) in [7, 11) is -9.76. The molecule has 194 valence electrons. The minimum atomic E-state index is -3.09. The van der Waals surface area contributed by atoms with Crippen molar-refractivity contribution in [2.75, 3.05) is 0 Å². The van der Waals surface area contributed by atoms with Gasteiger partial charge in [-0.3, -0.25) is 0 Å². The zero-order chi connectivity index (χ0) is 26.5. The lowest BCUT2D eigenvalue weighted by atomic mass is 10.1. The summed E-state index contributed by atoms with van der Waals surface area (Å²) < 4.78 is 21.6. The van der Waals surface area contributed by atoms with Gasteiger partial charge in [0, 0.05) is 0 Å². The molecule has 0 saturated heterocycles. The van der Waals surface area contributed by atoms with E-state index in [1.807, 2.05) is 30.3 Å². The SMILES string of the molecule is C[Si](C)(C)O[Si](C)(CCCc1ccccc1O)O[Si](O[Si](C)(C)C)(c1ccccc1)c1ccccc1. The van der Waals surface area contributed by atoms with Crippen molar-refractivity contribution in [1.29, 1.82) is 0 Å². The number of aryl methyl sites for hydroxylation is 1. The van der Waals surface area contributed by atoms with E-state index in [0.717, 1.165) is 34.8 Å². The molecule has 8 heteroatoms. The zero-order valence-corrected chi connectivity index (χ0v) is 26.9. The monoisotopic (exact) mass is 554 g/mol. The maximum Gasteiger partial charge on any atom is 0.388 e. The van der Waals surface area contributed by atoms with Crippen molar-refractivity contribution in [3.8, 4) is 5.75 Å². The molecule has 1 N–H and O–H groups in total. The Morgan fingerprint density at radius 3 is 1.53 bits per heavy atom. The van der Waals surface area contributed by atoms with Gasteiger partial charge in [-0.2, -0.15) is 0 Å². The predicted molar refractivity (Wildman–Crippen MR) is 161 cm³/mol. The van der Waals surface area contributed by atoms with Crippen molar-refractivity contribution in [2.45, 2.75) is 64.7 Å². The fourth-order valence-electron chi connectivity index (χ4n) is 4.57. The number of para-hydroxylation sites is 1. The van der Waals surface area contributed by atoms with Gasteiger partial charge in [0.15, 0.2) is 16.6 Å². The van der Waals surface area contributed by atoms with Crippen molar-refractivity contribution in [2.24, 2.45) is 0 Å². The highest BCUT2D eigenvalue weighted by Crippen LogP contribution is 2.29. The highest BCUT2D eigenvalue weighted by Gasteiger charge is 2.52. The number of rotatable bonds is 12. The Labute approximate surface area is 222 Å². The molecule has 0 aliphatic carbocycles. The van der Waals surface area contributed by atoms with Gasteiger partial charge < -0.3 is 17.5 Å². The summed E-state index contributed by atoms with van der Waals surface area (Å²) in [4.78, 5) is 0. The topological polar surface area (TPSA) is 47.9 Å². The quantitative estimate of drug-likeness (QED) is 0.264. The van der Waals surface area contributed by atoms with Gasteiger partial charge in [-0.1, -0.05) is 78.9 Å². The molecule has 4 nitrogen and oxygen atoms in total. The first-order chi connectivity index (χ1) is 16.8. The van der Waals surface area contributed by atoms with Crippen molar-refractivity contribution in [1.82, 2.24) is 0 Å². The van der Waals surface area contributed by atoms with E-state index in [1.54, 1.807) is 6.07 Å². The van der Waals surface area contributed by atoms with Gasteiger partial charge >= 0.3 is 17.1 Å². The Morgan fingerprint density at radius 2 is 1.06 bits per heavy atom. The van der Waals surface area contributed by atoms with Crippen LogP contribution in [0.1, 0.15) is 12.0 Å². The summed E-state index contributed by atoms with van der Waals surface area (Å²) in [6.45, 7) is 15.6. The van der Waals surface area contributed by atoms with E-state index < -0.39 is 33.8 Å².